The van der Waals surface area contributed by atoms with Crippen molar-refractivity contribution in [3.8, 4) is 41.8 Å². The third-order valence-electron chi connectivity index (χ3n) is 28.3. The molecule has 37 heteroatoms. The molecule has 2 bridgehead atoms. The molecule has 14 heterocycles. The average molecular weight is 1980 g/mol. The lowest BCUT2D eigenvalue weighted by Gasteiger charge is -2.32. The highest BCUT2D eigenvalue weighted by Crippen LogP contribution is 2.45. The number of likely N-dealkylation sites (tertiary alicyclic amines) is 3. The predicted molar refractivity (Wildman–Crippen MR) is 546 cm³/mol. The number of thiazole rings is 4. The largest absolute Gasteiger partial charge is 0.389 e. The van der Waals surface area contributed by atoms with Gasteiger partial charge in [-0.1, -0.05) is 26.2 Å². The summed E-state index contributed by atoms with van der Waals surface area (Å²) in [4.78, 5) is 152. The molecule has 6 saturated heterocycles. The molecule has 0 radical (unpaired) electrons. The van der Waals surface area contributed by atoms with Crippen LogP contribution in [0.2, 0.25) is 0 Å². The second kappa shape index (κ2) is 45.4. The van der Waals surface area contributed by atoms with Crippen LogP contribution in [-0.2, 0) is 4.74 Å². The monoisotopic (exact) mass is 1980 g/mol. The van der Waals surface area contributed by atoms with Gasteiger partial charge in [-0.2, -0.15) is 0 Å². The van der Waals surface area contributed by atoms with E-state index in [1.54, 1.807) is 71.2 Å². The summed E-state index contributed by atoms with van der Waals surface area (Å²) in [5, 5.41) is 65.7. The minimum Gasteiger partial charge on any atom is -0.389 e. The van der Waals surface area contributed by atoms with Crippen LogP contribution in [-0.4, -0.2) is 263 Å². The molecule has 0 spiro atoms. The molecule has 139 heavy (non-hydrogen) atoms. The van der Waals surface area contributed by atoms with Crippen LogP contribution in [0.4, 0.5) is 23.3 Å². The number of amides is 8. The smallest absolute Gasteiger partial charge is 0.280 e. The van der Waals surface area contributed by atoms with Gasteiger partial charge in [-0.05, 0) is 284 Å². The number of carbonyl (C=O) groups excluding carboxylic acids is 8. The minimum atomic E-state index is -1.04. The van der Waals surface area contributed by atoms with Crippen molar-refractivity contribution in [3.63, 3.8) is 0 Å². The van der Waals surface area contributed by atoms with E-state index in [1.807, 2.05) is 80.5 Å². The van der Waals surface area contributed by atoms with Crippen molar-refractivity contribution in [3.05, 3.63) is 114 Å². The molecule has 0 aromatic carbocycles. The highest BCUT2D eigenvalue weighted by atomic mass is 32.1. The molecule has 3 saturated carbocycles. The number of rotatable bonds is 31. The van der Waals surface area contributed by atoms with E-state index in [2.05, 4.69) is 117 Å². The first-order valence-electron chi connectivity index (χ1n) is 49.8. The third-order valence-corrected chi connectivity index (χ3v) is 32.7. The Kier molecular flexibility index (Phi) is 34.2. The number of pyridine rings is 4. The Labute approximate surface area is 832 Å². The molecule has 8 atom stereocenters. The molecule has 8 amide bonds. The van der Waals surface area contributed by atoms with Crippen molar-refractivity contribution >= 4 is 116 Å². The topological polar surface area (TPSA) is 439 Å². The summed E-state index contributed by atoms with van der Waals surface area (Å²) in [6.45, 7) is 36.1. The number of hydrogen-bond donors (Lipinski definition) is 12. The Hall–Kier alpha value is -10.1. The molecule has 33 nitrogen and oxygen atoms in total. The van der Waals surface area contributed by atoms with Crippen LogP contribution in [0.15, 0.2) is 49.1 Å². The van der Waals surface area contributed by atoms with Crippen LogP contribution >= 0.6 is 45.3 Å². The quantitative estimate of drug-likeness (QED) is 0.0192. The minimum absolute atomic E-state index is 0.0898. The number of aryl methyl sites for hydroxylation is 4. The normalized spacial score (nSPS) is 20.6. The molecule has 12 N–H and O–H groups in total. The van der Waals surface area contributed by atoms with Crippen LogP contribution in [0.5, 0.6) is 0 Å². The number of hydrogen-bond acceptors (Lipinski definition) is 29. The zero-order valence-corrected chi connectivity index (χ0v) is 86.9. The fourth-order valence-corrected chi connectivity index (χ4v) is 23.1. The maximum atomic E-state index is 13.8. The molecular weight excluding hydrogens is 1840 g/mol. The van der Waals surface area contributed by atoms with Gasteiger partial charge in [0.25, 0.3) is 47.3 Å². The van der Waals surface area contributed by atoms with Crippen molar-refractivity contribution in [2.75, 3.05) is 80.3 Å². The molecular formula is C102H142N20O13S4. The Morgan fingerprint density at radius 2 is 0.734 bits per heavy atom. The maximum absolute atomic E-state index is 13.8. The van der Waals surface area contributed by atoms with E-state index in [1.165, 1.54) is 103 Å². The summed E-state index contributed by atoms with van der Waals surface area (Å²) in [5.74, 6) is 3.16. The molecule has 6 aliphatic heterocycles. The van der Waals surface area contributed by atoms with Gasteiger partial charge in [-0.25, -0.2) is 39.9 Å². The molecule has 752 valence electrons. The first kappa shape index (κ1) is 105. The Morgan fingerprint density at radius 1 is 0.417 bits per heavy atom. The van der Waals surface area contributed by atoms with E-state index in [0.717, 1.165) is 138 Å². The fraction of sp³-hybridized carbons (Fsp3) is 0.608. The number of nitrogens with one attached hydrogen (secondary N) is 8. The van der Waals surface area contributed by atoms with Crippen LogP contribution in [0.1, 0.15) is 322 Å². The van der Waals surface area contributed by atoms with Gasteiger partial charge in [0.15, 0.2) is 20.0 Å². The van der Waals surface area contributed by atoms with E-state index in [-0.39, 0.29) is 112 Å². The summed E-state index contributed by atoms with van der Waals surface area (Å²) >= 11 is 4.79. The Morgan fingerprint density at radius 3 is 1.01 bits per heavy atom. The lowest BCUT2D eigenvalue weighted by molar-refractivity contribution is 0.0692. The van der Waals surface area contributed by atoms with Gasteiger partial charge in [0.05, 0.1) is 61.7 Å². The summed E-state index contributed by atoms with van der Waals surface area (Å²) in [6, 6.07) is 9.71. The molecule has 3 aliphatic carbocycles. The SMILES string of the molecule is CC[C@@H](C)Nc1cc(C)c(-c2sc(C(=O)N[C@@H]3COC[C@H]3O)nc2C(=O)N2CCCC2)cn1.Cc1cc(N[C@@H](C)C2CCC2)ncc1-c1sc(C(=O)NCC(C)(C)O)nc1C(=O)N1C2CCC1CC2.Cc1cc(N[C@@H](C)C2CCC2)ncc1-c1sc(C(=O)NCC(C)(C)O)nc1C(=O)N1CCC[C@@H]1C.Cc1cc(N[C@H](C)C2CCC2)ncc1-c1sc(C(=O)NCC(C)(C)O)nc1C(=O)N1CCC[C@@H]1C. The average Bonchev–Trinajstić information content (AvgIpc) is 1.62. The first-order chi connectivity index (χ1) is 66.0. The zero-order chi connectivity index (χ0) is 99.8. The highest BCUT2D eigenvalue weighted by molar-refractivity contribution is 7.18. The highest BCUT2D eigenvalue weighted by Gasteiger charge is 2.45. The summed E-state index contributed by atoms with van der Waals surface area (Å²) in [7, 11) is 0. The number of aromatic nitrogens is 8. The van der Waals surface area contributed by atoms with E-state index < -0.39 is 46.7 Å². The van der Waals surface area contributed by atoms with Crippen LogP contribution in [0.3, 0.4) is 0 Å². The number of anilines is 4. The standard InChI is InChI=1S/C27H37N5O3S.2C26H37N5O3S.C23H31N5O4S/c1-15-12-21(30-16(2)17-6-5-7-17)28-13-20(15)23-22(26(34)32-18-8-9-19(32)11-10-18)31-25(36-23)24(33)29-14-27(3,4)35;2*1-15-12-20(29-17(3)18-9-6-10-18)27-13-19(15)22-21(25(33)31-11-7-8-16(31)2)30-24(35-22)23(32)28-14-26(4,5)34;1-4-14(3)25-18-9-13(2)15(10-24-18)20-19(23(31)28-7-5-6-8-28)27-22(33-20)21(30)26-16-11-32-12-17(16)29/h12-13,16-19,35H,5-11,14H2,1-4H3,(H,28,30)(H,29,33);2*12-13,16-18,34H,6-11,14H2,1-5H3,(H,27,29)(H,28,32);9-10,14,16-17,29H,4-8,11-12H2,1-3H3,(H,24,25)(H,26,30)/t16-,18?,19?;16-,17+;16-,17-;14-,16-,17-/m0001/s1. The van der Waals surface area contributed by atoms with Crippen LogP contribution < -0.4 is 42.5 Å². The number of aliphatic hydroxyl groups is 4. The fourth-order valence-electron chi connectivity index (χ4n) is 18.9. The first-order valence-corrected chi connectivity index (χ1v) is 53.1. The number of fused-ring (bicyclic) bond motifs is 2. The van der Waals surface area contributed by atoms with Gasteiger partial charge >= 0.3 is 0 Å². The summed E-state index contributed by atoms with van der Waals surface area (Å²) in [5.41, 5.74) is 5.18. The van der Waals surface area contributed by atoms with Crippen molar-refractivity contribution in [1.29, 1.82) is 0 Å². The van der Waals surface area contributed by atoms with Gasteiger partial charge in [0.1, 0.15) is 46.0 Å². The van der Waals surface area contributed by atoms with E-state index in [0.29, 0.717) is 105 Å². The van der Waals surface area contributed by atoms with Gasteiger partial charge in [-0.15, -0.1) is 45.3 Å². The van der Waals surface area contributed by atoms with Gasteiger partial charge in [0.2, 0.25) is 0 Å². The van der Waals surface area contributed by atoms with E-state index in [9.17, 15) is 58.8 Å². The molecule has 9 fully saturated rings. The lowest BCUT2D eigenvalue weighted by Crippen LogP contribution is -2.42. The summed E-state index contributed by atoms with van der Waals surface area (Å²) < 4.78 is 5.22. The van der Waals surface area contributed by atoms with Gasteiger partial charge < -0.3 is 87.3 Å². The number of carbonyl (C=O) groups is 8. The van der Waals surface area contributed by atoms with E-state index >= 15 is 0 Å². The van der Waals surface area contributed by atoms with Crippen molar-refractivity contribution in [2.24, 2.45) is 17.8 Å². The van der Waals surface area contributed by atoms with Gasteiger partial charge in [0, 0.05) is 141 Å². The molecule has 8 aromatic heterocycles. The molecule has 9 aliphatic rings. The van der Waals surface area contributed by atoms with Crippen LogP contribution in [0.25, 0.3) is 41.8 Å². The zero-order valence-electron chi connectivity index (χ0n) is 83.6. The summed E-state index contributed by atoms with van der Waals surface area (Å²) in [6.07, 6.45) is 28.7. The molecule has 8 aromatic rings. The third kappa shape index (κ3) is 26.1. The molecule has 0 unspecified atom stereocenters. The Bertz CT molecular complexity index is 5530. The van der Waals surface area contributed by atoms with Crippen LogP contribution in [0, 0.1) is 45.4 Å². The van der Waals surface area contributed by atoms with Crippen molar-refractivity contribution in [1.82, 2.24) is 80.7 Å². The van der Waals surface area contributed by atoms with Crippen molar-refractivity contribution in [2.45, 2.75) is 323 Å². The van der Waals surface area contributed by atoms with Crippen molar-refractivity contribution < 1.29 is 63.5 Å². The number of nitrogens with zero attached hydrogens (tertiary/aromatic N) is 12. The number of ether oxygens (including phenoxy) is 1. The van der Waals surface area contributed by atoms with E-state index in [4.69, 9.17) is 4.74 Å². The lowest BCUT2D eigenvalue weighted by atomic mass is 9.80. The second-order valence-electron chi connectivity index (χ2n) is 41.5. The second-order valence-corrected chi connectivity index (χ2v) is 45.5. The van der Waals surface area contributed by atoms with Gasteiger partial charge in [-0.3, -0.25) is 38.4 Å². The Balaban J connectivity index is 0.000000148. The predicted octanol–water partition coefficient (Wildman–Crippen LogP) is 15.3. The molecule has 17 rings (SSSR count). The maximum Gasteiger partial charge on any atom is 0.280 e. The number of aliphatic hydroxyl groups excluding tert-OH is 1.